The highest BCUT2D eigenvalue weighted by atomic mass is 79.9. The summed E-state index contributed by atoms with van der Waals surface area (Å²) in [7, 11) is 0. The van der Waals surface area contributed by atoms with E-state index in [-0.39, 0.29) is 12.1 Å². The molecule has 0 radical (unpaired) electrons. The van der Waals surface area contributed by atoms with Crippen LogP contribution >= 0.6 is 15.9 Å². The number of halogens is 1. The lowest BCUT2D eigenvalue weighted by Gasteiger charge is -2.22. The van der Waals surface area contributed by atoms with E-state index in [9.17, 15) is 0 Å². The lowest BCUT2D eigenvalue weighted by Crippen LogP contribution is -2.35. The Balaban J connectivity index is 2.63. The van der Waals surface area contributed by atoms with Gasteiger partial charge in [0.25, 0.3) is 0 Å². The van der Waals surface area contributed by atoms with E-state index in [1.807, 2.05) is 12.1 Å². The van der Waals surface area contributed by atoms with Gasteiger partial charge in [0.2, 0.25) is 0 Å². The third-order valence-corrected chi connectivity index (χ3v) is 3.13. The first kappa shape index (κ1) is 16.5. The van der Waals surface area contributed by atoms with E-state index in [2.05, 4.69) is 48.1 Å². The molecule has 0 aromatic heterocycles. The zero-order chi connectivity index (χ0) is 14.3. The maximum atomic E-state index is 8.76. The molecule has 3 nitrogen and oxygen atoms in total. The molecule has 0 saturated heterocycles. The molecule has 0 fully saturated rings. The first-order valence-corrected chi connectivity index (χ1v) is 7.49. The summed E-state index contributed by atoms with van der Waals surface area (Å²) in [4.78, 5) is 0. The van der Waals surface area contributed by atoms with Gasteiger partial charge in [-0.1, -0.05) is 15.9 Å². The molecule has 19 heavy (non-hydrogen) atoms. The van der Waals surface area contributed by atoms with Crippen LogP contribution in [-0.4, -0.2) is 23.9 Å². The van der Waals surface area contributed by atoms with Gasteiger partial charge in [0.15, 0.2) is 0 Å². The summed E-state index contributed by atoms with van der Waals surface area (Å²) in [6, 6.07) is 6.06. The van der Waals surface area contributed by atoms with Gasteiger partial charge in [-0.2, -0.15) is 0 Å². The average molecular weight is 330 g/mol. The normalized spacial score (nSPS) is 11.6. The maximum Gasteiger partial charge on any atom is 0.123 e. The highest BCUT2D eigenvalue weighted by Gasteiger charge is 2.11. The highest BCUT2D eigenvalue weighted by Crippen LogP contribution is 2.24. The minimum Gasteiger partial charge on any atom is -0.493 e. The molecule has 0 unspecified atom stereocenters. The van der Waals surface area contributed by atoms with Crippen LogP contribution in [0, 0.1) is 0 Å². The number of nitrogens with one attached hydrogen (secondary N) is 1. The summed E-state index contributed by atoms with van der Waals surface area (Å²) in [5.41, 5.74) is 1.23. The van der Waals surface area contributed by atoms with Crippen molar-refractivity contribution in [2.75, 3.05) is 13.2 Å². The molecule has 0 bridgehead atoms. The van der Waals surface area contributed by atoms with Crippen molar-refractivity contribution in [3.05, 3.63) is 28.2 Å². The Bertz CT molecular complexity index is 388. The summed E-state index contributed by atoms with van der Waals surface area (Å²) in [5, 5.41) is 12.2. The van der Waals surface area contributed by atoms with Crippen LogP contribution in [0.25, 0.3) is 0 Å². The second-order valence-electron chi connectivity index (χ2n) is 5.63. The first-order valence-electron chi connectivity index (χ1n) is 6.69. The van der Waals surface area contributed by atoms with Crippen LogP contribution in [0.4, 0.5) is 0 Å². The Morgan fingerprint density at radius 2 is 2.00 bits per heavy atom. The number of benzene rings is 1. The van der Waals surface area contributed by atoms with Gasteiger partial charge in [-0.3, -0.25) is 0 Å². The largest absolute Gasteiger partial charge is 0.493 e. The molecule has 0 amide bonds. The fraction of sp³-hybridized carbons (Fsp3) is 0.600. The van der Waals surface area contributed by atoms with Gasteiger partial charge in [0.05, 0.1) is 6.61 Å². The van der Waals surface area contributed by atoms with Crippen LogP contribution in [0.3, 0.4) is 0 Å². The lowest BCUT2D eigenvalue weighted by molar-refractivity contribution is 0.251. The number of aliphatic hydroxyl groups excluding tert-OH is 1. The fourth-order valence-electron chi connectivity index (χ4n) is 1.58. The Labute approximate surface area is 124 Å². The Morgan fingerprint density at radius 1 is 1.26 bits per heavy atom. The molecule has 0 saturated carbocycles. The molecular weight excluding hydrogens is 306 g/mol. The topological polar surface area (TPSA) is 41.5 Å². The molecule has 0 atom stereocenters. The van der Waals surface area contributed by atoms with Crippen LogP contribution in [0.5, 0.6) is 5.75 Å². The summed E-state index contributed by atoms with van der Waals surface area (Å²) in [6.07, 6.45) is 1.66. The van der Waals surface area contributed by atoms with Crippen LogP contribution < -0.4 is 10.1 Å². The smallest absolute Gasteiger partial charge is 0.123 e. The summed E-state index contributed by atoms with van der Waals surface area (Å²) in [6.45, 7) is 8.08. The van der Waals surface area contributed by atoms with Crippen molar-refractivity contribution in [1.29, 1.82) is 0 Å². The molecule has 0 aliphatic rings. The Hall–Kier alpha value is -0.580. The van der Waals surface area contributed by atoms with Crippen molar-refractivity contribution in [3.63, 3.8) is 0 Å². The number of aliphatic hydroxyl groups is 1. The number of rotatable bonds is 7. The molecule has 0 spiro atoms. The van der Waals surface area contributed by atoms with Crippen molar-refractivity contribution in [2.45, 2.75) is 45.7 Å². The molecule has 4 heteroatoms. The zero-order valence-corrected chi connectivity index (χ0v) is 13.6. The van der Waals surface area contributed by atoms with E-state index >= 15 is 0 Å². The van der Waals surface area contributed by atoms with Crippen LogP contribution in [0.15, 0.2) is 22.7 Å². The second-order valence-corrected chi connectivity index (χ2v) is 6.55. The third-order valence-electron chi connectivity index (χ3n) is 2.64. The highest BCUT2D eigenvalue weighted by molar-refractivity contribution is 9.10. The molecular formula is C15H24BrNO2. The SMILES string of the molecule is CC(C)(C)NCc1cc(Br)ccc1OCCCCO. The zero-order valence-electron chi connectivity index (χ0n) is 12.0. The Kier molecular flexibility index (Phi) is 6.83. The predicted octanol–water partition coefficient (Wildman–Crippen LogP) is 3.49. The summed E-state index contributed by atoms with van der Waals surface area (Å²) in [5.74, 6) is 0.915. The van der Waals surface area contributed by atoms with Crippen LogP contribution in [0.1, 0.15) is 39.2 Å². The van der Waals surface area contributed by atoms with Crippen molar-refractivity contribution in [1.82, 2.24) is 5.32 Å². The van der Waals surface area contributed by atoms with Gasteiger partial charge >= 0.3 is 0 Å². The molecule has 0 heterocycles. The van der Waals surface area contributed by atoms with E-state index in [0.717, 1.165) is 35.2 Å². The van der Waals surface area contributed by atoms with E-state index in [1.165, 1.54) is 0 Å². The van der Waals surface area contributed by atoms with Gasteiger partial charge in [0, 0.05) is 28.7 Å². The van der Waals surface area contributed by atoms with E-state index < -0.39 is 0 Å². The van der Waals surface area contributed by atoms with Gasteiger partial charge in [-0.25, -0.2) is 0 Å². The molecule has 0 aliphatic carbocycles. The maximum absolute atomic E-state index is 8.76. The minimum absolute atomic E-state index is 0.0798. The monoisotopic (exact) mass is 329 g/mol. The second kappa shape index (κ2) is 7.88. The van der Waals surface area contributed by atoms with Gasteiger partial charge in [-0.05, 0) is 51.8 Å². The number of ether oxygens (including phenoxy) is 1. The lowest BCUT2D eigenvalue weighted by atomic mass is 10.1. The average Bonchev–Trinajstić information content (AvgIpc) is 2.33. The van der Waals surface area contributed by atoms with Crippen molar-refractivity contribution in [3.8, 4) is 5.75 Å². The van der Waals surface area contributed by atoms with Gasteiger partial charge in [-0.15, -0.1) is 0 Å². The Morgan fingerprint density at radius 3 is 2.63 bits per heavy atom. The van der Waals surface area contributed by atoms with Crippen molar-refractivity contribution in [2.24, 2.45) is 0 Å². The van der Waals surface area contributed by atoms with E-state index in [0.29, 0.717) is 6.61 Å². The van der Waals surface area contributed by atoms with Crippen LogP contribution in [0.2, 0.25) is 0 Å². The number of hydrogen-bond acceptors (Lipinski definition) is 3. The fourth-order valence-corrected chi connectivity index (χ4v) is 1.99. The molecule has 108 valence electrons. The molecule has 1 aromatic rings. The third kappa shape index (κ3) is 6.95. The minimum atomic E-state index is 0.0798. The quantitative estimate of drug-likeness (QED) is 0.752. The number of hydrogen-bond donors (Lipinski definition) is 2. The van der Waals surface area contributed by atoms with E-state index in [1.54, 1.807) is 0 Å². The molecule has 1 aromatic carbocycles. The first-order chi connectivity index (χ1) is 8.92. The summed E-state index contributed by atoms with van der Waals surface area (Å²) < 4.78 is 6.84. The van der Waals surface area contributed by atoms with E-state index in [4.69, 9.17) is 9.84 Å². The molecule has 2 N–H and O–H groups in total. The van der Waals surface area contributed by atoms with Gasteiger partial charge in [0.1, 0.15) is 5.75 Å². The predicted molar refractivity (Wildman–Crippen MR) is 82.5 cm³/mol. The van der Waals surface area contributed by atoms with Gasteiger partial charge < -0.3 is 15.2 Å². The van der Waals surface area contributed by atoms with Crippen molar-refractivity contribution < 1.29 is 9.84 Å². The molecule has 0 aliphatic heterocycles. The molecule has 1 rings (SSSR count). The number of unbranched alkanes of at least 4 members (excludes halogenated alkanes) is 1. The van der Waals surface area contributed by atoms with Crippen molar-refractivity contribution >= 4 is 15.9 Å². The summed E-state index contributed by atoms with van der Waals surface area (Å²) >= 11 is 3.49. The standard InChI is InChI=1S/C15H24BrNO2/c1-15(2,3)17-11-12-10-13(16)6-7-14(12)19-9-5-4-8-18/h6-7,10,17-18H,4-5,8-9,11H2,1-3H3. The van der Waals surface area contributed by atoms with Crippen LogP contribution in [-0.2, 0) is 6.54 Å².